The fourth-order valence-corrected chi connectivity index (χ4v) is 2.88. The molecule has 2 N–H and O–H groups in total. The normalized spacial score (nSPS) is 14.1. The van der Waals surface area contributed by atoms with Crippen molar-refractivity contribution < 1.29 is 8.42 Å². The van der Waals surface area contributed by atoms with Gasteiger partial charge in [-0.2, -0.15) is 0 Å². The molecule has 0 spiro atoms. The maximum atomic E-state index is 11.5. The van der Waals surface area contributed by atoms with Gasteiger partial charge in [0.15, 0.2) is 0 Å². The van der Waals surface area contributed by atoms with Crippen molar-refractivity contribution in [3.8, 4) is 0 Å². The summed E-state index contributed by atoms with van der Waals surface area (Å²) in [5, 5.41) is 3.00. The first-order valence-corrected chi connectivity index (χ1v) is 7.31. The molecule has 92 valence electrons. The molecule has 15 heavy (non-hydrogen) atoms. The van der Waals surface area contributed by atoms with E-state index in [0.29, 0.717) is 0 Å². The van der Waals surface area contributed by atoms with Gasteiger partial charge in [0.2, 0.25) is 10.0 Å². The smallest absolute Gasteiger partial charge is 0.211 e. The molecule has 4 nitrogen and oxygen atoms in total. The Hall–Kier alpha value is -0.130. The molecule has 0 aromatic carbocycles. The third-order valence-electron chi connectivity index (χ3n) is 2.19. The molecule has 0 amide bonds. The van der Waals surface area contributed by atoms with E-state index in [9.17, 15) is 8.42 Å². The molecule has 1 unspecified atom stereocenters. The van der Waals surface area contributed by atoms with E-state index >= 15 is 0 Å². The minimum Gasteiger partial charge on any atom is -0.320 e. The number of rotatable bonds is 9. The summed E-state index contributed by atoms with van der Waals surface area (Å²) in [4.78, 5) is 0. The first kappa shape index (κ1) is 14.9. The Morgan fingerprint density at radius 3 is 2.47 bits per heavy atom. The molecule has 0 bridgehead atoms. The van der Waals surface area contributed by atoms with Crippen molar-refractivity contribution in [2.24, 2.45) is 0 Å². The van der Waals surface area contributed by atoms with Crippen LogP contribution >= 0.6 is 0 Å². The molecule has 5 heteroatoms. The largest absolute Gasteiger partial charge is 0.320 e. The molecule has 0 aromatic heterocycles. The van der Waals surface area contributed by atoms with E-state index in [1.165, 1.54) is 0 Å². The molecule has 0 radical (unpaired) electrons. The summed E-state index contributed by atoms with van der Waals surface area (Å²) in [6.45, 7) is 4.84. The lowest BCUT2D eigenvalue weighted by Gasteiger charge is -2.12. The molecule has 0 aliphatic rings. The Kier molecular flexibility index (Phi) is 8.00. The summed E-state index contributed by atoms with van der Waals surface area (Å²) in [6.07, 6.45) is 3.52. The van der Waals surface area contributed by atoms with E-state index in [4.69, 9.17) is 0 Å². The molecule has 0 aliphatic carbocycles. The number of hydrogen-bond donors (Lipinski definition) is 2. The van der Waals surface area contributed by atoms with Crippen molar-refractivity contribution in [2.45, 2.75) is 45.6 Å². The summed E-state index contributed by atoms with van der Waals surface area (Å²) >= 11 is 0. The maximum Gasteiger partial charge on any atom is 0.211 e. The lowest BCUT2D eigenvalue weighted by atomic mass is 10.2. The second kappa shape index (κ2) is 8.07. The van der Waals surface area contributed by atoms with Crippen LogP contribution in [0.5, 0.6) is 0 Å². The van der Waals surface area contributed by atoms with Crippen LogP contribution in [0.1, 0.15) is 39.5 Å². The summed E-state index contributed by atoms with van der Waals surface area (Å²) < 4.78 is 25.8. The number of hydrogen-bond acceptors (Lipinski definition) is 3. The van der Waals surface area contributed by atoms with Crippen molar-refractivity contribution in [1.82, 2.24) is 10.0 Å². The summed E-state index contributed by atoms with van der Waals surface area (Å²) in [7, 11) is -1.19. The van der Waals surface area contributed by atoms with Gasteiger partial charge < -0.3 is 5.32 Å². The average molecular weight is 236 g/mol. The second-order valence-electron chi connectivity index (χ2n) is 3.94. The van der Waals surface area contributed by atoms with E-state index in [1.807, 2.05) is 14.0 Å². The zero-order chi connectivity index (χ0) is 11.7. The molecule has 0 saturated heterocycles. The van der Waals surface area contributed by atoms with E-state index < -0.39 is 10.0 Å². The van der Waals surface area contributed by atoms with Gasteiger partial charge in [-0.3, -0.25) is 0 Å². The number of nitrogens with one attached hydrogen (secondary N) is 2. The van der Waals surface area contributed by atoms with Crippen LogP contribution in [-0.2, 0) is 10.0 Å². The van der Waals surface area contributed by atoms with E-state index in [0.717, 1.165) is 32.2 Å². The Bertz CT molecular complexity index is 240. The molecule has 0 heterocycles. The van der Waals surface area contributed by atoms with E-state index in [2.05, 4.69) is 17.0 Å². The van der Waals surface area contributed by atoms with Gasteiger partial charge in [0.25, 0.3) is 0 Å². The monoisotopic (exact) mass is 236 g/mol. The molecule has 0 aliphatic heterocycles. The van der Waals surface area contributed by atoms with Crippen molar-refractivity contribution >= 4 is 10.0 Å². The molecule has 0 rings (SSSR count). The van der Waals surface area contributed by atoms with Crippen molar-refractivity contribution in [2.75, 3.05) is 19.3 Å². The Balaban J connectivity index is 3.76. The Morgan fingerprint density at radius 2 is 1.93 bits per heavy atom. The molecular formula is C10H24N2O2S. The van der Waals surface area contributed by atoms with Crippen LogP contribution in [0, 0.1) is 0 Å². The minimum atomic E-state index is -3.06. The van der Waals surface area contributed by atoms with Crippen LogP contribution in [0.15, 0.2) is 0 Å². The molecule has 0 fully saturated rings. The SMILES string of the molecule is CCCC(C)NS(=O)(=O)CCCCNC. The lowest BCUT2D eigenvalue weighted by Crippen LogP contribution is -2.34. The van der Waals surface area contributed by atoms with Crippen LogP contribution in [0.25, 0.3) is 0 Å². The molecule has 0 aromatic rings. The van der Waals surface area contributed by atoms with Crippen molar-refractivity contribution in [1.29, 1.82) is 0 Å². The average Bonchev–Trinajstić information content (AvgIpc) is 2.12. The molecule has 1 atom stereocenters. The highest BCUT2D eigenvalue weighted by atomic mass is 32.2. The van der Waals surface area contributed by atoms with Crippen LogP contribution in [0.3, 0.4) is 0 Å². The summed E-state index contributed by atoms with van der Waals surface area (Å²) in [5.74, 6) is 0.239. The van der Waals surface area contributed by atoms with Gasteiger partial charge in [-0.15, -0.1) is 0 Å². The first-order chi connectivity index (χ1) is 7.02. The van der Waals surface area contributed by atoms with Crippen LogP contribution in [0.4, 0.5) is 0 Å². The zero-order valence-corrected chi connectivity index (χ0v) is 10.9. The zero-order valence-electron chi connectivity index (χ0n) is 10.0. The Morgan fingerprint density at radius 1 is 1.27 bits per heavy atom. The summed E-state index contributed by atoms with van der Waals surface area (Å²) in [6, 6.07) is 0.0595. The number of unbranched alkanes of at least 4 members (excludes halogenated alkanes) is 1. The lowest BCUT2D eigenvalue weighted by molar-refractivity contribution is 0.540. The fourth-order valence-electron chi connectivity index (χ4n) is 1.45. The third-order valence-corrected chi connectivity index (χ3v) is 3.78. The van der Waals surface area contributed by atoms with Crippen molar-refractivity contribution in [3.05, 3.63) is 0 Å². The maximum absolute atomic E-state index is 11.5. The molecular weight excluding hydrogens is 212 g/mol. The van der Waals surface area contributed by atoms with E-state index in [1.54, 1.807) is 0 Å². The topological polar surface area (TPSA) is 58.2 Å². The van der Waals surface area contributed by atoms with Crippen LogP contribution in [0.2, 0.25) is 0 Å². The van der Waals surface area contributed by atoms with Gasteiger partial charge in [-0.25, -0.2) is 13.1 Å². The van der Waals surface area contributed by atoms with Crippen LogP contribution in [-0.4, -0.2) is 33.8 Å². The first-order valence-electron chi connectivity index (χ1n) is 5.66. The highest BCUT2D eigenvalue weighted by Gasteiger charge is 2.12. The van der Waals surface area contributed by atoms with Gasteiger partial charge in [0.05, 0.1) is 5.75 Å². The minimum absolute atomic E-state index is 0.0595. The quantitative estimate of drug-likeness (QED) is 0.589. The summed E-state index contributed by atoms with van der Waals surface area (Å²) in [5.41, 5.74) is 0. The second-order valence-corrected chi connectivity index (χ2v) is 5.81. The van der Waals surface area contributed by atoms with Gasteiger partial charge in [-0.1, -0.05) is 13.3 Å². The van der Waals surface area contributed by atoms with Gasteiger partial charge in [0, 0.05) is 6.04 Å². The standard InChI is InChI=1S/C10H24N2O2S/c1-4-7-10(2)12-15(13,14)9-6-5-8-11-3/h10-12H,4-9H2,1-3H3. The van der Waals surface area contributed by atoms with Gasteiger partial charge in [-0.05, 0) is 39.8 Å². The van der Waals surface area contributed by atoms with Crippen molar-refractivity contribution in [3.63, 3.8) is 0 Å². The highest BCUT2D eigenvalue weighted by Crippen LogP contribution is 2.00. The highest BCUT2D eigenvalue weighted by molar-refractivity contribution is 7.89. The van der Waals surface area contributed by atoms with Gasteiger partial charge >= 0.3 is 0 Å². The Labute approximate surface area is 93.9 Å². The van der Waals surface area contributed by atoms with Gasteiger partial charge in [0.1, 0.15) is 0 Å². The predicted molar refractivity (Wildman–Crippen MR) is 64.5 cm³/mol. The van der Waals surface area contributed by atoms with E-state index in [-0.39, 0.29) is 11.8 Å². The third kappa shape index (κ3) is 8.84. The van der Waals surface area contributed by atoms with Crippen LogP contribution < -0.4 is 10.0 Å². The number of sulfonamides is 1. The molecule has 0 saturated carbocycles. The predicted octanol–water partition coefficient (Wildman–Crippen LogP) is 1.09. The fraction of sp³-hybridized carbons (Fsp3) is 1.00.